The van der Waals surface area contributed by atoms with Crippen LogP contribution < -0.4 is 10.1 Å². The molecule has 0 saturated carbocycles. The molecule has 0 atom stereocenters. The number of nitrogens with zero attached hydrogens (tertiary/aromatic N) is 5. The number of pyridine rings is 1. The van der Waals surface area contributed by atoms with Crippen molar-refractivity contribution in [2.45, 2.75) is 13.3 Å². The molecule has 0 spiro atoms. The first-order valence-corrected chi connectivity index (χ1v) is 8.36. The van der Waals surface area contributed by atoms with Crippen molar-refractivity contribution in [2.75, 3.05) is 12.4 Å². The van der Waals surface area contributed by atoms with E-state index in [1.807, 2.05) is 6.07 Å². The summed E-state index contributed by atoms with van der Waals surface area (Å²) in [5, 5.41) is 12.0. The van der Waals surface area contributed by atoms with E-state index in [4.69, 9.17) is 10.00 Å². The van der Waals surface area contributed by atoms with Crippen LogP contribution in [0.4, 0.5) is 5.69 Å². The number of ether oxygens (including phenoxy) is 1. The zero-order valence-corrected chi connectivity index (χ0v) is 14.9. The van der Waals surface area contributed by atoms with Crippen molar-refractivity contribution in [3.8, 4) is 11.9 Å². The van der Waals surface area contributed by atoms with Crippen LogP contribution in [-0.4, -0.2) is 32.3 Å². The van der Waals surface area contributed by atoms with E-state index in [0.717, 1.165) is 4.88 Å². The lowest BCUT2D eigenvalue weighted by Crippen LogP contribution is -2.15. The first kappa shape index (κ1) is 17.4. The molecule has 0 aliphatic heterocycles. The predicted octanol–water partition coefficient (Wildman–Crippen LogP) is 2.36. The van der Waals surface area contributed by atoms with Crippen LogP contribution in [0.1, 0.15) is 32.3 Å². The van der Waals surface area contributed by atoms with E-state index in [-0.39, 0.29) is 11.6 Å². The highest BCUT2D eigenvalue weighted by molar-refractivity contribution is 7.06. The van der Waals surface area contributed by atoms with Crippen LogP contribution in [0, 0.1) is 18.3 Å². The zero-order valence-electron chi connectivity index (χ0n) is 14.1. The standard InChI is InChI=1S/C17H14N6O2S/c1-10-16(17(24)22-11-3-4-15(25-2)21-9-11)14(26-23-10)7-12-13(8-18)20-6-5-19-12/h3-6,9H,7H2,1-2H3,(H,22,24). The SMILES string of the molecule is COc1ccc(NC(=O)c2c(C)nsc2Cc2nccnc2C#N)cn1. The molecule has 26 heavy (non-hydrogen) atoms. The molecule has 0 aromatic carbocycles. The Balaban J connectivity index is 1.85. The van der Waals surface area contributed by atoms with Gasteiger partial charge in [0.15, 0.2) is 5.69 Å². The maximum absolute atomic E-state index is 12.7. The first-order chi connectivity index (χ1) is 12.6. The first-order valence-electron chi connectivity index (χ1n) is 7.59. The molecule has 3 aromatic rings. The molecule has 0 radical (unpaired) electrons. The third-order valence-electron chi connectivity index (χ3n) is 3.57. The highest BCUT2D eigenvalue weighted by Gasteiger charge is 2.20. The van der Waals surface area contributed by atoms with Gasteiger partial charge in [-0.25, -0.2) is 9.97 Å². The molecule has 0 aliphatic carbocycles. The van der Waals surface area contributed by atoms with Crippen LogP contribution in [0.2, 0.25) is 0 Å². The quantitative estimate of drug-likeness (QED) is 0.737. The van der Waals surface area contributed by atoms with Crippen molar-refractivity contribution in [1.29, 1.82) is 5.26 Å². The molecule has 9 heteroatoms. The molecule has 1 N–H and O–H groups in total. The molecular formula is C17H14N6O2S. The van der Waals surface area contributed by atoms with Gasteiger partial charge in [0.25, 0.3) is 5.91 Å². The summed E-state index contributed by atoms with van der Waals surface area (Å²) in [7, 11) is 1.52. The van der Waals surface area contributed by atoms with Gasteiger partial charge in [0.1, 0.15) is 6.07 Å². The number of rotatable bonds is 5. The van der Waals surface area contributed by atoms with Gasteiger partial charge in [0.05, 0.1) is 35.9 Å². The summed E-state index contributed by atoms with van der Waals surface area (Å²) < 4.78 is 9.27. The van der Waals surface area contributed by atoms with Gasteiger partial charge in [-0.2, -0.15) is 9.64 Å². The molecule has 0 aliphatic rings. The fraction of sp³-hybridized carbons (Fsp3) is 0.176. The molecule has 0 saturated heterocycles. The Labute approximate surface area is 153 Å². The summed E-state index contributed by atoms with van der Waals surface area (Å²) in [6.45, 7) is 1.77. The Hall–Kier alpha value is -3.38. The number of methoxy groups -OCH3 is 1. The number of carbonyl (C=O) groups excluding carboxylic acids is 1. The van der Waals surface area contributed by atoms with E-state index >= 15 is 0 Å². The fourth-order valence-electron chi connectivity index (χ4n) is 2.34. The van der Waals surface area contributed by atoms with E-state index < -0.39 is 0 Å². The van der Waals surface area contributed by atoms with Crippen molar-refractivity contribution in [3.63, 3.8) is 0 Å². The Morgan fingerprint density at radius 1 is 1.31 bits per heavy atom. The summed E-state index contributed by atoms with van der Waals surface area (Å²) in [6, 6.07) is 5.38. The van der Waals surface area contributed by atoms with Crippen LogP contribution in [0.15, 0.2) is 30.7 Å². The fourth-order valence-corrected chi connectivity index (χ4v) is 3.21. The Morgan fingerprint density at radius 3 is 2.81 bits per heavy atom. The third-order valence-corrected chi connectivity index (χ3v) is 4.51. The van der Waals surface area contributed by atoms with Crippen molar-refractivity contribution in [3.05, 3.63) is 58.2 Å². The molecule has 130 valence electrons. The number of carbonyl (C=O) groups is 1. The average Bonchev–Trinajstić information content (AvgIpc) is 3.03. The molecular weight excluding hydrogens is 352 g/mol. The van der Waals surface area contributed by atoms with Gasteiger partial charge in [-0.05, 0) is 24.5 Å². The third kappa shape index (κ3) is 3.65. The maximum atomic E-state index is 12.7. The minimum absolute atomic E-state index is 0.240. The predicted molar refractivity (Wildman–Crippen MR) is 95.1 cm³/mol. The normalized spacial score (nSPS) is 10.2. The lowest BCUT2D eigenvalue weighted by Gasteiger charge is -2.07. The van der Waals surface area contributed by atoms with Gasteiger partial charge in [-0.15, -0.1) is 0 Å². The van der Waals surface area contributed by atoms with Gasteiger partial charge in [-0.3, -0.25) is 9.78 Å². The van der Waals surface area contributed by atoms with Crippen molar-refractivity contribution in [1.82, 2.24) is 19.3 Å². The van der Waals surface area contributed by atoms with Gasteiger partial charge < -0.3 is 10.1 Å². The summed E-state index contributed by atoms with van der Waals surface area (Å²) in [4.78, 5) is 25.7. The summed E-state index contributed by atoms with van der Waals surface area (Å²) in [5.41, 5.74) is 2.39. The monoisotopic (exact) mass is 366 g/mol. The second-order valence-corrected chi connectivity index (χ2v) is 6.11. The smallest absolute Gasteiger partial charge is 0.258 e. The number of amides is 1. The van der Waals surface area contributed by atoms with Crippen molar-refractivity contribution >= 4 is 23.1 Å². The van der Waals surface area contributed by atoms with E-state index in [2.05, 4.69) is 24.6 Å². The second-order valence-electron chi connectivity index (χ2n) is 5.25. The number of anilines is 1. The lowest BCUT2D eigenvalue weighted by molar-refractivity contribution is 0.102. The molecule has 0 bridgehead atoms. The minimum Gasteiger partial charge on any atom is -0.481 e. The minimum atomic E-state index is -0.291. The average molecular weight is 366 g/mol. The molecule has 8 nitrogen and oxygen atoms in total. The molecule has 0 unspecified atom stereocenters. The number of hydrogen-bond donors (Lipinski definition) is 1. The van der Waals surface area contributed by atoms with Gasteiger partial charge in [0, 0.05) is 29.8 Å². The second kappa shape index (κ2) is 7.67. The largest absolute Gasteiger partial charge is 0.481 e. The number of nitrogens with one attached hydrogen (secondary N) is 1. The highest BCUT2D eigenvalue weighted by atomic mass is 32.1. The summed E-state index contributed by atoms with van der Waals surface area (Å²) in [5.74, 6) is 0.171. The topological polar surface area (TPSA) is 114 Å². The molecule has 3 rings (SSSR count). The van der Waals surface area contributed by atoms with Crippen LogP contribution in [0.3, 0.4) is 0 Å². The molecule has 1 amide bonds. The Kier molecular flexibility index (Phi) is 5.15. The molecule has 0 fully saturated rings. The number of nitriles is 1. The number of aryl methyl sites for hydroxylation is 1. The summed E-state index contributed by atoms with van der Waals surface area (Å²) >= 11 is 1.21. The van der Waals surface area contributed by atoms with E-state index in [9.17, 15) is 4.79 Å². The highest BCUT2D eigenvalue weighted by Crippen LogP contribution is 2.23. The van der Waals surface area contributed by atoms with Crippen molar-refractivity contribution < 1.29 is 9.53 Å². The van der Waals surface area contributed by atoms with E-state index in [1.165, 1.54) is 37.2 Å². The summed E-state index contributed by atoms with van der Waals surface area (Å²) in [6.07, 6.45) is 4.81. The van der Waals surface area contributed by atoms with Crippen LogP contribution in [0.5, 0.6) is 5.88 Å². The Bertz CT molecular complexity index is 978. The van der Waals surface area contributed by atoms with Gasteiger partial charge in [-0.1, -0.05) is 0 Å². The van der Waals surface area contributed by atoms with Gasteiger partial charge >= 0.3 is 0 Å². The molecule has 3 heterocycles. The maximum Gasteiger partial charge on any atom is 0.258 e. The number of aromatic nitrogens is 4. The van der Waals surface area contributed by atoms with E-state index in [0.29, 0.717) is 34.9 Å². The van der Waals surface area contributed by atoms with Crippen LogP contribution in [-0.2, 0) is 6.42 Å². The van der Waals surface area contributed by atoms with Crippen LogP contribution in [0.25, 0.3) is 0 Å². The number of hydrogen-bond acceptors (Lipinski definition) is 8. The van der Waals surface area contributed by atoms with Crippen LogP contribution >= 0.6 is 11.5 Å². The van der Waals surface area contributed by atoms with Crippen molar-refractivity contribution in [2.24, 2.45) is 0 Å². The van der Waals surface area contributed by atoms with Gasteiger partial charge in [0.2, 0.25) is 5.88 Å². The lowest BCUT2D eigenvalue weighted by atomic mass is 10.1. The zero-order chi connectivity index (χ0) is 18.5. The van der Waals surface area contributed by atoms with E-state index in [1.54, 1.807) is 19.1 Å². The molecule has 3 aromatic heterocycles. The Morgan fingerprint density at radius 2 is 2.12 bits per heavy atom.